The molecule has 4 rings (SSSR count). The fourth-order valence-electron chi connectivity index (χ4n) is 3.67. The zero-order chi connectivity index (χ0) is 24.6. The smallest absolute Gasteiger partial charge is 0.338 e. The number of nitrogens with zero attached hydrogens (tertiary/aromatic N) is 3. The van der Waals surface area contributed by atoms with Crippen molar-refractivity contribution in [2.45, 2.75) is 19.9 Å². The molecule has 1 aliphatic rings. The number of hydrogen-bond donors (Lipinski definition) is 0. The number of aromatic nitrogens is 1. The summed E-state index contributed by atoms with van der Waals surface area (Å²) in [4.78, 5) is 41.5. The summed E-state index contributed by atoms with van der Waals surface area (Å²) in [5, 5.41) is 23.3. The Morgan fingerprint density at radius 1 is 1.29 bits per heavy atom. The molecule has 9 nitrogen and oxygen atoms in total. The van der Waals surface area contributed by atoms with Crippen LogP contribution in [-0.2, 0) is 9.53 Å². The quantitative estimate of drug-likeness (QED) is 0.302. The Morgan fingerprint density at radius 3 is 2.65 bits per heavy atom. The molecule has 0 saturated heterocycles. The normalized spacial score (nSPS) is 15.6. The summed E-state index contributed by atoms with van der Waals surface area (Å²) in [5.41, 5.74) is 0.585. The Morgan fingerprint density at radius 2 is 2.00 bits per heavy atom. The summed E-state index contributed by atoms with van der Waals surface area (Å²) in [7, 11) is 0. The van der Waals surface area contributed by atoms with E-state index in [0.29, 0.717) is 26.6 Å². The second-order valence-corrected chi connectivity index (χ2v) is 8.78. The van der Waals surface area contributed by atoms with Gasteiger partial charge >= 0.3 is 5.97 Å². The molecule has 1 aromatic heterocycles. The lowest BCUT2D eigenvalue weighted by Crippen LogP contribution is -2.39. The molecule has 0 radical (unpaired) electrons. The highest BCUT2D eigenvalue weighted by molar-refractivity contribution is 7.07. The van der Waals surface area contributed by atoms with Gasteiger partial charge in [-0.15, -0.1) is 0 Å². The van der Waals surface area contributed by atoms with Gasteiger partial charge in [-0.2, -0.15) is 0 Å². The van der Waals surface area contributed by atoms with Gasteiger partial charge in [0.2, 0.25) is 0 Å². The van der Waals surface area contributed by atoms with Gasteiger partial charge in [0.1, 0.15) is 0 Å². The number of allylic oxidation sites excluding steroid dienone is 1. The van der Waals surface area contributed by atoms with E-state index < -0.39 is 33.9 Å². The number of hydrogen-bond acceptors (Lipinski definition) is 8. The summed E-state index contributed by atoms with van der Waals surface area (Å²) in [6, 6.07) is 9.57. The molecule has 0 N–H and O–H groups in total. The molecule has 0 saturated carbocycles. The highest BCUT2D eigenvalue weighted by atomic mass is 35.5. The van der Waals surface area contributed by atoms with Gasteiger partial charge in [0.25, 0.3) is 11.2 Å². The molecule has 3 aromatic rings. The number of rotatable bonds is 5. The summed E-state index contributed by atoms with van der Waals surface area (Å²) in [6.07, 6.45) is 1.46. The number of fused-ring (bicyclic) bond motifs is 1. The van der Waals surface area contributed by atoms with Crippen molar-refractivity contribution in [1.82, 2.24) is 4.57 Å². The lowest BCUT2D eigenvalue weighted by atomic mass is 9.96. The van der Waals surface area contributed by atoms with Crippen LogP contribution in [0.1, 0.15) is 31.0 Å². The fourth-order valence-corrected chi connectivity index (χ4v) is 4.84. The van der Waals surface area contributed by atoms with Crippen LogP contribution in [0.5, 0.6) is 5.75 Å². The Bertz CT molecular complexity index is 1520. The van der Waals surface area contributed by atoms with Crippen LogP contribution >= 0.6 is 22.9 Å². The first-order valence-corrected chi connectivity index (χ1v) is 11.3. The van der Waals surface area contributed by atoms with Crippen LogP contribution in [0.15, 0.2) is 63.5 Å². The molecule has 0 spiro atoms. The molecule has 0 fully saturated rings. The molecule has 0 aliphatic carbocycles. The Balaban J connectivity index is 1.94. The Hall–Kier alpha value is -3.76. The van der Waals surface area contributed by atoms with E-state index in [1.807, 2.05) is 0 Å². The highest BCUT2D eigenvalue weighted by Crippen LogP contribution is 2.31. The number of ether oxygens (including phenoxy) is 1. The van der Waals surface area contributed by atoms with Crippen LogP contribution < -0.4 is 20.0 Å². The number of thiazole rings is 1. The van der Waals surface area contributed by atoms with Gasteiger partial charge < -0.3 is 9.84 Å². The van der Waals surface area contributed by atoms with Gasteiger partial charge in [-0.1, -0.05) is 47.2 Å². The molecule has 34 heavy (non-hydrogen) atoms. The van der Waals surface area contributed by atoms with Crippen LogP contribution in [-0.4, -0.2) is 22.1 Å². The minimum atomic E-state index is -0.798. The first kappa shape index (κ1) is 23.4. The largest absolute Gasteiger partial charge is 0.868 e. The van der Waals surface area contributed by atoms with Crippen molar-refractivity contribution in [3.05, 3.63) is 99.7 Å². The first-order chi connectivity index (χ1) is 16.2. The number of nitro benzene ring substituents is 1. The average molecular weight is 499 g/mol. The molecule has 2 aromatic carbocycles. The second kappa shape index (κ2) is 9.24. The molecule has 174 valence electrons. The monoisotopic (exact) mass is 498 g/mol. The summed E-state index contributed by atoms with van der Waals surface area (Å²) < 4.78 is 6.87. The van der Waals surface area contributed by atoms with E-state index in [4.69, 9.17) is 16.3 Å². The molecule has 2 heterocycles. The molecular formula is C23H17ClN3O6S-. The van der Waals surface area contributed by atoms with E-state index in [1.54, 1.807) is 38.1 Å². The van der Waals surface area contributed by atoms with Crippen LogP contribution in [0.25, 0.3) is 6.08 Å². The third-order valence-electron chi connectivity index (χ3n) is 5.18. The van der Waals surface area contributed by atoms with Crippen molar-refractivity contribution in [2.75, 3.05) is 6.61 Å². The predicted molar refractivity (Wildman–Crippen MR) is 124 cm³/mol. The van der Waals surface area contributed by atoms with E-state index >= 15 is 0 Å². The summed E-state index contributed by atoms with van der Waals surface area (Å²) in [6.45, 7) is 3.51. The third-order valence-corrected chi connectivity index (χ3v) is 6.42. The van der Waals surface area contributed by atoms with Crippen molar-refractivity contribution in [3.63, 3.8) is 0 Å². The molecule has 1 aliphatic heterocycles. The van der Waals surface area contributed by atoms with Crippen molar-refractivity contribution < 1.29 is 19.6 Å². The van der Waals surface area contributed by atoms with Crippen LogP contribution in [0.3, 0.4) is 0 Å². The van der Waals surface area contributed by atoms with Crippen molar-refractivity contribution >= 4 is 40.7 Å². The number of carbonyl (C=O) groups is 1. The number of halogens is 1. The topological polar surface area (TPSA) is 127 Å². The molecule has 1 atom stereocenters. The molecular weight excluding hydrogens is 482 g/mol. The molecule has 0 unspecified atom stereocenters. The maximum absolute atomic E-state index is 13.5. The molecule has 0 bridgehead atoms. The molecule has 11 heteroatoms. The number of carbonyl (C=O) groups excluding carboxylic acids is 1. The van der Waals surface area contributed by atoms with E-state index in [1.165, 1.54) is 16.7 Å². The maximum atomic E-state index is 13.5. The summed E-state index contributed by atoms with van der Waals surface area (Å²) in [5.74, 6) is -1.30. The summed E-state index contributed by atoms with van der Waals surface area (Å²) >= 11 is 7.11. The van der Waals surface area contributed by atoms with Gasteiger partial charge in [0.15, 0.2) is 4.80 Å². The lowest BCUT2D eigenvalue weighted by Gasteiger charge is -2.24. The molecule has 0 amide bonds. The Labute approximate surface area is 201 Å². The maximum Gasteiger partial charge on any atom is 0.338 e. The van der Waals surface area contributed by atoms with Gasteiger partial charge in [0.05, 0.1) is 33.4 Å². The third kappa shape index (κ3) is 4.25. The van der Waals surface area contributed by atoms with Crippen LogP contribution in [0, 0.1) is 10.1 Å². The minimum absolute atomic E-state index is 0.155. The average Bonchev–Trinajstić information content (AvgIpc) is 3.09. The Kier molecular flexibility index (Phi) is 6.36. The van der Waals surface area contributed by atoms with Crippen LogP contribution in [0.2, 0.25) is 5.02 Å². The number of esters is 1. The highest BCUT2D eigenvalue weighted by Gasteiger charge is 2.33. The van der Waals surface area contributed by atoms with Crippen molar-refractivity contribution in [2.24, 2.45) is 4.99 Å². The van der Waals surface area contributed by atoms with E-state index in [-0.39, 0.29) is 16.7 Å². The lowest BCUT2D eigenvalue weighted by molar-refractivity contribution is -0.398. The van der Waals surface area contributed by atoms with Crippen LogP contribution in [0.4, 0.5) is 5.69 Å². The fraction of sp³-hybridized carbons (Fsp3) is 0.174. The van der Waals surface area contributed by atoms with Gasteiger partial charge in [0, 0.05) is 11.1 Å². The predicted octanol–water partition coefficient (Wildman–Crippen LogP) is 2.43. The zero-order valence-electron chi connectivity index (χ0n) is 18.0. The van der Waals surface area contributed by atoms with Crippen molar-refractivity contribution in [1.29, 1.82) is 0 Å². The van der Waals surface area contributed by atoms with Crippen molar-refractivity contribution in [3.8, 4) is 5.75 Å². The second-order valence-electron chi connectivity index (χ2n) is 7.34. The number of nitro groups is 1. The standard InChI is InChI=1S/C23H18ClN3O6S/c1-3-33-22(30)19-12(2)25-23-26(20(19)14-5-7-15(24)8-6-14)21(29)18(34-23)11-13-4-9-17(28)16(10-13)27(31)32/h4-11,20,28H,3H2,1-2H3/p-1/b18-11+/t20-/m1/s1. The SMILES string of the molecule is CCOC(=O)C1=C(C)N=c2s/c(=C/c3ccc([O-])c([N+](=O)[O-])c3)c(=O)n2[C@@H]1c1ccc(Cl)cc1. The van der Waals surface area contributed by atoms with Gasteiger partial charge in [-0.25, -0.2) is 9.79 Å². The minimum Gasteiger partial charge on any atom is -0.868 e. The zero-order valence-corrected chi connectivity index (χ0v) is 19.6. The van der Waals surface area contributed by atoms with Gasteiger partial charge in [-0.05, 0) is 48.9 Å². The van der Waals surface area contributed by atoms with E-state index in [0.717, 1.165) is 23.5 Å². The van der Waals surface area contributed by atoms with E-state index in [2.05, 4.69) is 4.99 Å². The van der Waals surface area contributed by atoms with E-state index in [9.17, 15) is 24.8 Å². The number of benzene rings is 2. The van der Waals surface area contributed by atoms with Gasteiger partial charge in [-0.3, -0.25) is 19.5 Å². The first-order valence-electron chi connectivity index (χ1n) is 10.1.